The summed E-state index contributed by atoms with van der Waals surface area (Å²) in [5.74, 6) is 0.241. The number of carbonyl (C=O) groups excluding carboxylic acids is 1. The first-order chi connectivity index (χ1) is 9.52. The number of carbonyl (C=O) groups is 1. The van der Waals surface area contributed by atoms with Gasteiger partial charge in [0, 0.05) is 20.2 Å². The third kappa shape index (κ3) is 6.04. The minimum atomic E-state index is -0.680. The fourth-order valence-electron chi connectivity index (χ4n) is 1.78. The second kappa shape index (κ2) is 8.55. The Hall–Kier alpha value is -1.59. The van der Waals surface area contributed by atoms with Crippen molar-refractivity contribution in [2.75, 3.05) is 26.8 Å². The van der Waals surface area contributed by atoms with Gasteiger partial charge in [0.25, 0.3) is 0 Å². The molecule has 3 N–H and O–H groups in total. The average Bonchev–Trinajstić information content (AvgIpc) is 2.43. The highest BCUT2D eigenvalue weighted by Gasteiger charge is 2.09. The van der Waals surface area contributed by atoms with E-state index in [2.05, 4.69) is 41.8 Å². The van der Waals surface area contributed by atoms with E-state index in [1.165, 1.54) is 18.2 Å². The quantitative estimate of drug-likeness (QED) is 0.707. The molecule has 0 aromatic heterocycles. The molecule has 5 nitrogen and oxygen atoms in total. The summed E-state index contributed by atoms with van der Waals surface area (Å²) in [7, 11) is 1.51. The molecule has 2 amide bonds. The molecule has 0 aliphatic carbocycles. The Balaban J connectivity index is 2.28. The van der Waals surface area contributed by atoms with Crippen molar-refractivity contribution >= 4 is 6.03 Å². The van der Waals surface area contributed by atoms with E-state index in [1.54, 1.807) is 0 Å². The van der Waals surface area contributed by atoms with Crippen molar-refractivity contribution in [2.24, 2.45) is 0 Å². The first-order valence-electron chi connectivity index (χ1n) is 6.78. The summed E-state index contributed by atoms with van der Waals surface area (Å²) in [5, 5.41) is 14.8. The number of hydrogen-bond donors (Lipinski definition) is 3. The van der Waals surface area contributed by atoms with Gasteiger partial charge in [0.2, 0.25) is 0 Å². The van der Waals surface area contributed by atoms with Crippen molar-refractivity contribution < 1.29 is 14.6 Å². The van der Waals surface area contributed by atoms with Crippen LogP contribution in [0, 0.1) is 6.92 Å². The Bertz CT molecular complexity index is 406. The maximum Gasteiger partial charge on any atom is 0.314 e. The molecule has 1 aromatic rings. The molecule has 20 heavy (non-hydrogen) atoms. The number of rotatable bonds is 7. The fraction of sp³-hybridized carbons (Fsp3) is 0.533. The van der Waals surface area contributed by atoms with E-state index in [4.69, 9.17) is 4.74 Å². The van der Waals surface area contributed by atoms with Gasteiger partial charge in [-0.25, -0.2) is 4.79 Å². The molecule has 0 fully saturated rings. The molecule has 1 aromatic carbocycles. The van der Waals surface area contributed by atoms with E-state index in [-0.39, 0.29) is 25.1 Å². The second-order valence-corrected chi connectivity index (χ2v) is 5.01. The van der Waals surface area contributed by atoms with E-state index in [9.17, 15) is 9.90 Å². The number of aliphatic hydroxyl groups is 1. The molecule has 0 radical (unpaired) electrons. The Kier molecular flexibility index (Phi) is 7.04. The van der Waals surface area contributed by atoms with Crippen molar-refractivity contribution in [1.82, 2.24) is 10.6 Å². The van der Waals surface area contributed by atoms with Gasteiger partial charge in [0.1, 0.15) is 0 Å². The average molecular weight is 280 g/mol. The first kappa shape index (κ1) is 16.5. The molecule has 0 saturated carbocycles. The van der Waals surface area contributed by atoms with Crippen LogP contribution < -0.4 is 10.6 Å². The van der Waals surface area contributed by atoms with Crippen LogP contribution in [0.1, 0.15) is 24.0 Å². The molecular weight excluding hydrogens is 256 g/mol. The first-order valence-corrected chi connectivity index (χ1v) is 6.78. The summed E-state index contributed by atoms with van der Waals surface area (Å²) < 4.78 is 4.78. The number of nitrogens with one attached hydrogen (secondary N) is 2. The Morgan fingerprint density at radius 3 is 2.45 bits per heavy atom. The lowest BCUT2D eigenvalue weighted by molar-refractivity contribution is 0.0660. The van der Waals surface area contributed by atoms with E-state index >= 15 is 0 Å². The van der Waals surface area contributed by atoms with Crippen LogP contribution in [0.25, 0.3) is 0 Å². The second-order valence-electron chi connectivity index (χ2n) is 5.01. The van der Waals surface area contributed by atoms with E-state index in [0.717, 1.165) is 0 Å². The molecule has 1 rings (SSSR count). The molecule has 2 unspecified atom stereocenters. The number of aryl methyl sites for hydroxylation is 1. The van der Waals surface area contributed by atoms with Gasteiger partial charge < -0.3 is 20.5 Å². The summed E-state index contributed by atoms with van der Waals surface area (Å²) in [6.45, 7) is 5.05. The maximum atomic E-state index is 11.6. The molecule has 0 heterocycles. The van der Waals surface area contributed by atoms with Crippen LogP contribution in [0.4, 0.5) is 4.79 Å². The zero-order valence-corrected chi connectivity index (χ0v) is 12.3. The standard InChI is InChI=1S/C15H24N2O3/c1-11-4-6-13(7-5-11)12(2)8-16-15(19)17-9-14(18)10-20-3/h4-7,12,14,18H,8-10H2,1-3H3,(H2,16,17,19). The topological polar surface area (TPSA) is 70.6 Å². The molecular formula is C15H24N2O3. The Labute approximate surface area is 120 Å². The maximum absolute atomic E-state index is 11.6. The van der Waals surface area contributed by atoms with Crippen LogP contribution in [0.3, 0.4) is 0 Å². The van der Waals surface area contributed by atoms with Crippen LogP contribution >= 0.6 is 0 Å². The van der Waals surface area contributed by atoms with Gasteiger partial charge in [-0.15, -0.1) is 0 Å². The molecule has 0 saturated heterocycles. The summed E-state index contributed by atoms with van der Waals surface area (Å²) in [4.78, 5) is 11.6. The Morgan fingerprint density at radius 2 is 1.85 bits per heavy atom. The van der Waals surface area contributed by atoms with Gasteiger partial charge in [-0.05, 0) is 18.4 Å². The summed E-state index contributed by atoms with van der Waals surface area (Å²) in [6.07, 6.45) is -0.680. The molecule has 2 atom stereocenters. The van der Waals surface area contributed by atoms with Gasteiger partial charge in [-0.1, -0.05) is 36.8 Å². The lowest BCUT2D eigenvalue weighted by Gasteiger charge is -2.15. The van der Waals surface area contributed by atoms with E-state index in [1.807, 2.05) is 6.92 Å². The highest BCUT2D eigenvalue weighted by Crippen LogP contribution is 2.14. The van der Waals surface area contributed by atoms with E-state index in [0.29, 0.717) is 6.54 Å². The van der Waals surface area contributed by atoms with Crippen LogP contribution in [0.2, 0.25) is 0 Å². The molecule has 0 aliphatic heterocycles. The number of methoxy groups -OCH3 is 1. The number of amides is 2. The molecule has 112 valence electrons. The van der Waals surface area contributed by atoms with Crippen molar-refractivity contribution in [3.8, 4) is 0 Å². The highest BCUT2D eigenvalue weighted by molar-refractivity contribution is 5.73. The summed E-state index contributed by atoms with van der Waals surface area (Å²) >= 11 is 0. The number of ether oxygens (including phenoxy) is 1. The third-order valence-electron chi connectivity index (χ3n) is 3.07. The number of benzene rings is 1. The van der Waals surface area contributed by atoms with Crippen LogP contribution in [-0.2, 0) is 4.74 Å². The zero-order chi connectivity index (χ0) is 15.0. The van der Waals surface area contributed by atoms with Gasteiger partial charge in [0.05, 0.1) is 12.7 Å². The monoisotopic (exact) mass is 280 g/mol. The highest BCUT2D eigenvalue weighted by atomic mass is 16.5. The summed E-state index contributed by atoms with van der Waals surface area (Å²) in [6, 6.07) is 7.99. The lowest BCUT2D eigenvalue weighted by Crippen LogP contribution is -2.42. The van der Waals surface area contributed by atoms with Gasteiger partial charge in [0.15, 0.2) is 0 Å². The lowest BCUT2D eigenvalue weighted by atomic mass is 10.0. The molecule has 0 aliphatic rings. The van der Waals surface area contributed by atoms with Crippen LogP contribution in [0.5, 0.6) is 0 Å². The Morgan fingerprint density at radius 1 is 1.25 bits per heavy atom. The normalized spacial score (nSPS) is 13.6. The fourth-order valence-corrected chi connectivity index (χ4v) is 1.78. The van der Waals surface area contributed by atoms with Crippen molar-refractivity contribution in [1.29, 1.82) is 0 Å². The number of urea groups is 1. The van der Waals surface area contributed by atoms with Crippen LogP contribution in [0.15, 0.2) is 24.3 Å². The minimum Gasteiger partial charge on any atom is -0.389 e. The predicted octanol–water partition coefficient (Wildman–Crippen LogP) is 1.41. The summed E-state index contributed by atoms with van der Waals surface area (Å²) in [5.41, 5.74) is 2.41. The predicted molar refractivity (Wildman–Crippen MR) is 78.9 cm³/mol. The van der Waals surface area contributed by atoms with Gasteiger partial charge >= 0.3 is 6.03 Å². The van der Waals surface area contributed by atoms with Crippen LogP contribution in [-0.4, -0.2) is 44.0 Å². The number of hydrogen-bond acceptors (Lipinski definition) is 3. The molecule has 0 spiro atoms. The van der Waals surface area contributed by atoms with E-state index < -0.39 is 6.10 Å². The number of aliphatic hydroxyl groups excluding tert-OH is 1. The largest absolute Gasteiger partial charge is 0.389 e. The zero-order valence-electron chi connectivity index (χ0n) is 12.3. The minimum absolute atomic E-state index is 0.179. The van der Waals surface area contributed by atoms with Crippen molar-refractivity contribution in [2.45, 2.75) is 25.9 Å². The van der Waals surface area contributed by atoms with Crippen molar-refractivity contribution in [3.05, 3.63) is 35.4 Å². The van der Waals surface area contributed by atoms with Gasteiger partial charge in [-0.3, -0.25) is 0 Å². The smallest absolute Gasteiger partial charge is 0.314 e. The molecule has 5 heteroatoms. The SMILES string of the molecule is COCC(O)CNC(=O)NCC(C)c1ccc(C)cc1. The third-order valence-corrected chi connectivity index (χ3v) is 3.07. The van der Waals surface area contributed by atoms with Gasteiger partial charge in [-0.2, -0.15) is 0 Å². The van der Waals surface area contributed by atoms with Crippen molar-refractivity contribution in [3.63, 3.8) is 0 Å². The molecule has 0 bridgehead atoms.